The lowest BCUT2D eigenvalue weighted by molar-refractivity contribution is 0.0162. The lowest BCUT2D eigenvalue weighted by Gasteiger charge is -2.35. The zero-order valence-corrected chi connectivity index (χ0v) is 20.3. The highest BCUT2D eigenvalue weighted by molar-refractivity contribution is 7.89. The molecule has 1 saturated carbocycles. The van der Waals surface area contributed by atoms with Gasteiger partial charge in [0.1, 0.15) is 0 Å². The minimum absolute atomic E-state index is 0.00162. The predicted molar refractivity (Wildman–Crippen MR) is 127 cm³/mol. The first kappa shape index (κ1) is 24.5. The van der Waals surface area contributed by atoms with Crippen LogP contribution in [0.5, 0.6) is 11.5 Å². The fraction of sp³-hybridized carbons (Fsp3) is 0.458. The molecule has 1 heterocycles. The maximum Gasteiger partial charge on any atom is 0.251 e. The first-order valence-corrected chi connectivity index (χ1v) is 12.8. The fourth-order valence-corrected chi connectivity index (χ4v) is 5.34. The largest absolute Gasteiger partial charge is 0.493 e. The van der Waals surface area contributed by atoms with E-state index in [1.165, 1.54) is 12.1 Å². The lowest BCUT2D eigenvalue weighted by atomic mass is 10.0. The molecule has 184 valence electrons. The molecule has 2 aromatic carbocycles. The van der Waals surface area contributed by atoms with Crippen molar-refractivity contribution in [3.05, 3.63) is 53.6 Å². The van der Waals surface area contributed by atoms with Crippen LogP contribution in [-0.4, -0.2) is 72.3 Å². The summed E-state index contributed by atoms with van der Waals surface area (Å²) >= 11 is 0. The number of carbonyl (C=O) groups excluding carboxylic acids is 1. The molecule has 1 unspecified atom stereocenters. The summed E-state index contributed by atoms with van der Waals surface area (Å²) in [6.07, 6.45) is 1.69. The van der Waals surface area contributed by atoms with Crippen LogP contribution in [0.25, 0.3) is 0 Å². The number of morpholine rings is 1. The number of nitrogens with one attached hydrogen (secondary N) is 2. The van der Waals surface area contributed by atoms with Gasteiger partial charge in [-0.05, 0) is 48.7 Å². The van der Waals surface area contributed by atoms with E-state index in [1.54, 1.807) is 26.4 Å². The zero-order chi connectivity index (χ0) is 24.1. The minimum Gasteiger partial charge on any atom is -0.493 e. The molecule has 10 heteroatoms. The topological polar surface area (TPSA) is 106 Å². The van der Waals surface area contributed by atoms with Crippen molar-refractivity contribution >= 4 is 15.9 Å². The molecule has 9 nitrogen and oxygen atoms in total. The SMILES string of the molecule is COc1ccc(C(CNC(=O)c2cccc(S(=O)(=O)NC3CC3)c2)N2CCOCC2)cc1OC. The molecule has 34 heavy (non-hydrogen) atoms. The van der Waals surface area contributed by atoms with Crippen LogP contribution in [-0.2, 0) is 14.8 Å². The van der Waals surface area contributed by atoms with Crippen LogP contribution in [0.15, 0.2) is 47.4 Å². The Kier molecular flexibility index (Phi) is 7.72. The van der Waals surface area contributed by atoms with Crippen molar-refractivity contribution in [2.75, 3.05) is 47.1 Å². The molecule has 2 aromatic rings. The van der Waals surface area contributed by atoms with Crippen LogP contribution in [0.2, 0.25) is 0 Å². The molecule has 2 N–H and O–H groups in total. The van der Waals surface area contributed by atoms with E-state index in [0.29, 0.717) is 36.8 Å². The molecule has 1 amide bonds. The van der Waals surface area contributed by atoms with E-state index < -0.39 is 10.0 Å². The van der Waals surface area contributed by atoms with Gasteiger partial charge in [-0.25, -0.2) is 13.1 Å². The number of methoxy groups -OCH3 is 2. The maximum atomic E-state index is 13.0. The van der Waals surface area contributed by atoms with Crippen molar-refractivity contribution in [3.8, 4) is 11.5 Å². The highest BCUT2D eigenvalue weighted by Crippen LogP contribution is 2.32. The van der Waals surface area contributed by atoms with Gasteiger partial charge < -0.3 is 19.5 Å². The number of hydrogen-bond acceptors (Lipinski definition) is 7. The Bertz CT molecular complexity index is 1110. The average Bonchev–Trinajstić information content (AvgIpc) is 3.68. The van der Waals surface area contributed by atoms with Crippen LogP contribution >= 0.6 is 0 Å². The van der Waals surface area contributed by atoms with Crippen molar-refractivity contribution in [1.29, 1.82) is 0 Å². The predicted octanol–water partition coefficient (Wildman–Crippen LogP) is 1.95. The molecule has 1 atom stereocenters. The summed E-state index contributed by atoms with van der Waals surface area (Å²) in [5.74, 6) is 0.918. The molecule has 0 spiro atoms. The first-order chi connectivity index (χ1) is 16.4. The molecule has 1 aliphatic heterocycles. The van der Waals surface area contributed by atoms with E-state index >= 15 is 0 Å². The molecule has 1 aliphatic carbocycles. The van der Waals surface area contributed by atoms with E-state index in [-0.39, 0.29) is 22.9 Å². The van der Waals surface area contributed by atoms with E-state index in [2.05, 4.69) is 14.9 Å². The molecule has 0 bridgehead atoms. The Morgan fingerprint density at radius 1 is 1.09 bits per heavy atom. The van der Waals surface area contributed by atoms with Crippen molar-refractivity contribution in [3.63, 3.8) is 0 Å². The number of carbonyl (C=O) groups is 1. The van der Waals surface area contributed by atoms with Crippen molar-refractivity contribution < 1.29 is 27.4 Å². The van der Waals surface area contributed by atoms with E-state index in [4.69, 9.17) is 14.2 Å². The Morgan fingerprint density at radius 3 is 2.50 bits per heavy atom. The van der Waals surface area contributed by atoms with Crippen LogP contribution in [0, 0.1) is 0 Å². The van der Waals surface area contributed by atoms with Gasteiger partial charge in [-0.1, -0.05) is 12.1 Å². The zero-order valence-electron chi connectivity index (χ0n) is 19.5. The molecular weight excluding hydrogens is 458 g/mol. The third-order valence-electron chi connectivity index (χ3n) is 6.04. The summed E-state index contributed by atoms with van der Waals surface area (Å²) in [5.41, 5.74) is 1.27. The molecule has 0 aromatic heterocycles. The number of sulfonamides is 1. The highest BCUT2D eigenvalue weighted by Gasteiger charge is 2.29. The summed E-state index contributed by atoms with van der Waals surface area (Å²) in [7, 11) is -0.458. The van der Waals surface area contributed by atoms with Crippen LogP contribution < -0.4 is 19.5 Å². The number of benzene rings is 2. The molecule has 2 fully saturated rings. The standard InChI is InChI=1S/C24H31N3O6S/c1-31-22-9-6-17(15-23(22)32-2)21(27-10-12-33-13-11-27)16-25-24(28)18-4-3-5-20(14-18)34(29,30)26-19-7-8-19/h3-6,9,14-15,19,21,26H,7-8,10-13,16H2,1-2H3,(H,25,28). The molecule has 4 rings (SSSR count). The maximum absolute atomic E-state index is 13.0. The number of nitrogens with zero attached hydrogens (tertiary/aromatic N) is 1. The summed E-state index contributed by atoms with van der Waals surface area (Å²) in [6, 6.07) is 11.7. The monoisotopic (exact) mass is 489 g/mol. The van der Waals surface area contributed by atoms with E-state index in [1.807, 2.05) is 18.2 Å². The first-order valence-electron chi connectivity index (χ1n) is 11.4. The highest BCUT2D eigenvalue weighted by atomic mass is 32.2. The second-order valence-electron chi connectivity index (χ2n) is 8.41. The Morgan fingerprint density at radius 2 is 1.82 bits per heavy atom. The van der Waals surface area contributed by atoms with Gasteiger partial charge in [0, 0.05) is 31.2 Å². The van der Waals surface area contributed by atoms with Gasteiger partial charge in [-0.15, -0.1) is 0 Å². The van der Waals surface area contributed by atoms with Gasteiger partial charge in [-0.2, -0.15) is 0 Å². The fourth-order valence-electron chi connectivity index (χ4n) is 3.99. The van der Waals surface area contributed by atoms with Gasteiger partial charge in [0.05, 0.1) is 38.4 Å². The van der Waals surface area contributed by atoms with Gasteiger partial charge in [-0.3, -0.25) is 9.69 Å². The van der Waals surface area contributed by atoms with Crippen molar-refractivity contribution in [2.45, 2.75) is 29.8 Å². The number of ether oxygens (including phenoxy) is 3. The van der Waals surface area contributed by atoms with E-state index in [9.17, 15) is 13.2 Å². The second-order valence-corrected chi connectivity index (χ2v) is 10.1. The summed E-state index contributed by atoms with van der Waals surface area (Å²) in [6.45, 7) is 3.04. The van der Waals surface area contributed by atoms with Crippen molar-refractivity contribution in [2.24, 2.45) is 0 Å². The quantitative estimate of drug-likeness (QED) is 0.525. The molecule has 2 aliphatic rings. The summed E-state index contributed by atoms with van der Waals surface area (Å²) in [4.78, 5) is 15.3. The average molecular weight is 490 g/mol. The van der Waals surface area contributed by atoms with E-state index in [0.717, 1.165) is 31.5 Å². The summed E-state index contributed by atoms with van der Waals surface area (Å²) < 4.78 is 44.1. The Labute approximate surface area is 200 Å². The molecular formula is C24H31N3O6S. The van der Waals surface area contributed by atoms with Gasteiger partial charge in [0.25, 0.3) is 5.91 Å². The third kappa shape index (κ3) is 5.87. The van der Waals surface area contributed by atoms with Gasteiger partial charge in [0.15, 0.2) is 11.5 Å². The minimum atomic E-state index is -3.64. The van der Waals surface area contributed by atoms with Gasteiger partial charge in [0.2, 0.25) is 10.0 Å². The molecule has 0 radical (unpaired) electrons. The Balaban J connectivity index is 1.51. The molecule has 1 saturated heterocycles. The second kappa shape index (κ2) is 10.7. The van der Waals surface area contributed by atoms with Crippen LogP contribution in [0.3, 0.4) is 0 Å². The number of rotatable bonds is 10. The van der Waals surface area contributed by atoms with Crippen LogP contribution in [0.1, 0.15) is 34.8 Å². The smallest absolute Gasteiger partial charge is 0.251 e. The van der Waals surface area contributed by atoms with Crippen molar-refractivity contribution in [1.82, 2.24) is 14.9 Å². The van der Waals surface area contributed by atoms with Crippen LogP contribution in [0.4, 0.5) is 0 Å². The normalized spacial score (nSPS) is 17.7. The summed E-state index contributed by atoms with van der Waals surface area (Å²) in [5, 5.41) is 2.98. The van der Waals surface area contributed by atoms with Gasteiger partial charge >= 0.3 is 0 Å². The number of amides is 1. The lowest BCUT2D eigenvalue weighted by Crippen LogP contribution is -2.43. The Hall–Kier alpha value is -2.66. The number of hydrogen-bond donors (Lipinski definition) is 2. The third-order valence-corrected chi connectivity index (χ3v) is 7.56.